The Balaban J connectivity index is 1.66. The Morgan fingerprint density at radius 1 is 1.06 bits per heavy atom. The molecule has 160 valence electrons. The normalized spacial score (nSPS) is 15.5. The van der Waals surface area contributed by atoms with Gasteiger partial charge in [-0.05, 0) is 61.0 Å². The lowest BCUT2D eigenvalue weighted by Crippen LogP contribution is -2.48. The van der Waals surface area contributed by atoms with Crippen LogP contribution in [0.4, 0.5) is 11.4 Å². The second kappa shape index (κ2) is 8.31. The van der Waals surface area contributed by atoms with Gasteiger partial charge in [0.05, 0.1) is 24.2 Å². The molecule has 31 heavy (non-hydrogen) atoms. The molecule has 0 aromatic heterocycles. The number of anilines is 2. The third-order valence-electron chi connectivity index (χ3n) is 4.96. The fourth-order valence-electron chi connectivity index (χ4n) is 3.39. The van der Waals surface area contributed by atoms with Crippen molar-refractivity contribution in [1.29, 1.82) is 0 Å². The maximum atomic E-state index is 13.4. The molecule has 1 unspecified atom stereocenters. The highest BCUT2D eigenvalue weighted by atomic mass is 32.2. The van der Waals surface area contributed by atoms with E-state index in [4.69, 9.17) is 9.47 Å². The van der Waals surface area contributed by atoms with Crippen LogP contribution in [0.3, 0.4) is 0 Å². The molecule has 4 rings (SSSR count). The first kappa shape index (κ1) is 20.7. The van der Waals surface area contributed by atoms with Crippen LogP contribution in [0.5, 0.6) is 11.5 Å². The van der Waals surface area contributed by atoms with E-state index in [0.717, 1.165) is 5.56 Å². The molecule has 0 saturated carbocycles. The summed E-state index contributed by atoms with van der Waals surface area (Å²) in [5.41, 5.74) is 2.01. The highest BCUT2D eigenvalue weighted by molar-refractivity contribution is 7.92. The highest BCUT2D eigenvalue weighted by Crippen LogP contribution is 2.37. The maximum absolute atomic E-state index is 13.4. The van der Waals surface area contributed by atoms with Crippen LogP contribution in [0.15, 0.2) is 77.7 Å². The monoisotopic (exact) mass is 438 g/mol. The highest BCUT2D eigenvalue weighted by Gasteiger charge is 2.37. The van der Waals surface area contributed by atoms with Crippen molar-refractivity contribution in [3.63, 3.8) is 0 Å². The van der Waals surface area contributed by atoms with Gasteiger partial charge in [0.25, 0.3) is 15.9 Å². The summed E-state index contributed by atoms with van der Waals surface area (Å²) >= 11 is 0. The molecule has 0 radical (unpaired) electrons. The van der Waals surface area contributed by atoms with Gasteiger partial charge in [-0.1, -0.05) is 24.3 Å². The summed E-state index contributed by atoms with van der Waals surface area (Å²) in [6.07, 6.45) is -1.01. The van der Waals surface area contributed by atoms with Crippen molar-refractivity contribution in [3.05, 3.63) is 78.4 Å². The molecule has 0 fully saturated rings. The number of benzene rings is 3. The van der Waals surface area contributed by atoms with Gasteiger partial charge < -0.3 is 14.8 Å². The van der Waals surface area contributed by atoms with E-state index in [1.165, 1.54) is 23.5 Å². The van der Waals surface area contributed by atoms with Crippen molar-refractivity contribution < 1.29 is 22.7 Å². The number of rotatable bonds is 5. The molecule has 7 nitrogen and oxygen atoms in total. The van der Waals surface area contributed by atoms with E-state index in [1.807, 2.05) is 25.1 Å². The summed E-state index contributed by atoms with van der Waals surface area (Å²) in [6, 6.07) is 20.3. The van der Waals surface area contributed by atoms with Crippen molar-refractivity contribution in [1.82, 2.24) is 0 Å². The van der Waals surface area contributed by atoms with E-state index in [9.17, 15) is 13.2 Å². The lowest BCUT2D eigenvalue weighted by atomic mass is 10.2. The van der Waals surface area contributed by atoms with Gasteiger partial charge in [-0.15, -0.1) is 0 Å². The van der Waals surface area contributed by atoms with Gasteiger partial charge in [0.2, 0.25) is 0 Å². The number of sulfonamides is 1. The second-order valence-electron chi connectivity index (χ2n) is 7.14. The number of ether oxygens (including phenoxy) is 2. The predicted octanol–water partition coefficient (Wildman–Crippen LogP) is 3.60. The molecule has 1 aliphatic rings. The molecular formula is C23H22N2O5S. The molecule has 0 aliphatic carbocycles. The van der Waals surface area contributed by atoms with Crippen molar-refractivity contribution >= 4 is 27.3 Å². The van der Waals surface area contributed by atoms with Crippen LogP contribution in [0.1, 0.15) is 5.56 Å². The van der Waals surface area contributed by atoms with E-state index >= 15 is 0 Å². The number of fused-ring (bicyclic) bond motifs is 1. The number of aryl methyl sites for hydroxylation is 1. The zero-order valence-corrected chi connectivity index (χ0v) is 17.9. The standard InChI is InChI=1S/C23H22N2O5S/c1-16-6-5-7-17(14-16)24-23(26)22-15-25(20-8-3-4-9-21(20)30-22)31(27,28)19-12-10-18(29-2)11-13-19/h3-14,22H,15H2,1-2H3,(H,24,26). The number of para-hydroxylation sites is 2. The first-order valence-electron chi connectivity index (χ1n) is 9.68. The van der Waals surface area contributed by atoms with Gasteiger partial charge in [0.15, 0.2) is 6.10 Å². The van der Waals surface area contributed by atoms with Gasteiger partial charge in [-0.2, -0.15) is 0 Å². The molecule has 1 N–H and O–H groups in total. The number of nitrogens with one attached hydrogen (secondary N) is 1. The zero-order chi connectivity index (χ0) is 22.0. The van der Waals surface area contributed by atoms with Crippen molar-refractivity contribution in [3.8, 4) is 11.5 Å². The third-order valence-corrected chi connectivity index (χ3v) is 6.75. The summed E-state index contributed by atoms with van der Waals surface area (Å²) in [7, 11) is -2.42. The van der Waals surface area contributed by atoms with E-state index in [2.05, 4.69) is 5.32 Å². The molecule has 0 bridgehead atoms. The molecule has 1 aliphatic heterocycles. The number of hydrogen-bond acceptors (Lipinski definition) is 5. The van der Waals surface area contributed by atoms with Crippen LogP contribution in [-0.2, 0) is 14.8 Å². The Kier molecular flexibility index (Phi) is 5.56. The van der Waals surface area contributed by atoms with Crippen molar-refractivity contribution in [2.24, 2.45) is 0 Å². The Bertz CT molecular complexity index is 1210. The summed E-state index contributed by atoms with van der Waals surface area (Å²) < 4.78 is 39.0. The molecule has 0 saturated heterocycles. The number of carbonyl (C=O) groups excluding carboxylic acids is 1. The van der Waals surface area contributed by atoms with E-state index in [0.29, 0.717) is 22.9 Å². The first-order valence-corrected chi connectivity index (χ1v) is 11.1. The van der Waals surface area contributed by atoms with Gasteiger partial charge in [0.1, 0.15) is 11.5 Å². The number of amides is 1. The molecule has 8 heteroatoms. The van der Waals surface area contributed by atoms with Gasteiger partial charge in [-0.3, -0.25) is 9.10 Å². The minimum absolute atomic E-state index is 0.0999. The van der Waals surface area contributed by atoms with Crippen LogP contribution in [0.25, 0.3) is 0 Å². The Hall–Kier alpha value is -3.52. The Morgan fingerprint density at radius 2 is 1.81 bits per heavy atom. The van der Waals surface area contributed by atoms with Crippen molar-refractivity contribution in [2.45, 2.75) is 17.9 Å². The van der Waals surface area contributed by atoms with E-state index < -0.39 is 22.0 Å². The maximum Gasteiger partial charge on any atom is 0.267 e. The van der Waals surface area contributed by atoms with Crippen LogP contribution in [-0.4, -0.2) is 34.1 Å². The lowest BCUT2D eigenvalue weighted by molar-refractivity contribution is -0.122. The van der Waals surface area contributed by atoms with E-state index in [1.54, 1.807) is 42.5 Å². The molecule has 0 spiro atoms. The number of methoxy groups -OCH3 is 1. The fraction of sp³-hybridized carbons (Fsp3) is 0.174. The SMILES string of the molecule is COc1ccc(S(=O)(=O)N2CC(C(=O)Nc3cccc(C)c3)Oc3ccccc32)cc1. The summed E-state index contributed by atoms with van der Waals surface area (Å²) in [5.74, 6) is 0.460. The molecule has 1 amide bonds. The lowest BCUT2D eigenvalue weighted by Gasteiger charge is -2.34. The third kappa shape index (κ3) is 4.20. The Morgan fingerprint density at radius 3 is 2.52 bits per heavy atom. The largest absolute Gasteiger partial charge is 0.497 e. The van der Waals surface area contributed by atoms with Crippen LogP contribution in [0.2, 0.25) is 0 Å². The molecule has 1 heterocycles. The Labute approximate surface area is 181 Å². The summed E-state index contributed by atoms with van der Waals surface area (Å²) in [5, 5.41) is 2.81. The zero-order valence-electron chi connectivity index (χ0n) is 17.1. The quantitative estimate of drug-likeness (QED) is 0.658. The average Bonchev–Trinajstić information content (AvgIpc) is 2.78. The fourth-order valence-corrected chi connectivity index (χ4v) is 4.86. The number of nitrogens with zero attached hydrogens (tertiary/aromatic N) is 1. The van der Waals surface area contributed by atoms with Crippen molar-refractivity contribution in [2.75, 3.05) is 23.3 Å². The summed E-state index contributed by atoms with van der Waals surface area (Å²) in [6.45, 7) is 1.77. The van der Waals surface area contributed by atoms with Gasteiger partial charge in [0, 0.05) is 5.69 Å². The van der Waals surface area contributed by atoms with E-state index in [-0.39, 0.29) is 11.4 Å². The second-order valence-corrected chi connectivity index (χ2v) is 9.01. The average molecular weight is 439 g/mol. The minimum atomic E-state index is -3.93. The predicted molar refractivity (Wildman–Crippen MR) is 118 cm³/mol. The smallest absolute Gasteiger partial charge is 0.267 e. The van der Waals surface area contributed by atoms with Gasteiger partial charge >= 0.3 is 0 Å². The molecule has 3 aromatic carbocycles. The minimum Gasteiger partial charge on any atom is -0.497 e. The molecule has 3 aromatic rings. The van der Waals surface area contributed by atoms with Crippen LogP contribution < -0.4 is 19.1 Å². The first-order chi connectivity index (χ1) is 14.9. The van der Waals surface area contributed by atoms with Crippen LogP contribution in [0, 0.1) is 6.92 Å². The van der Waals surface area contributed by atoms with Crippen LogP contribution >= 0.6 is 0 Å². The summed E-state index contributed by atoms with van der Waals surface area (Å²) in [4.78, 5) is 13.0. The number of carbonyl (C=O) groups is 1. The topological polar surface area (TPSA) is 84.9 Å². The molecule has 1 atom stereocenters. The van der Waals surface area contributed by atoms with Gasteiger partial charge in [-0.25, -0.2) is 8.42 Å². The molecular weight excluding hydrogens is 416 g/mol. The number of hydrogen-bond donors (Lipinski definition) is 1.